The smallest absolute Gasteiger partial charge is 0.229 e. The van der Waals surface area contributed by atoms with Crippen LogP contribution in [0.25, 0.3) is 0 Å². The fourth-order valence-electron chi connectivity index (χ4n) is 3.67. The van der Waals surface area contributed by atoms with Gasteiger partial charge in [0.1, 0.15) is 0 Å². The first-order valence-corrected chi connectivity index (χ1v) is 11.1. The minimum atomic E-state index is -1.08. The molecule has 0 aliphatic carbocycles. The highest BCUT2D eigenvalue weighted by Gasteiger charge is 2.39. The second-order valence-corrected chi connectivity index (χ2v) is 10.4. The molecule has 2 unspecified atom stereocenters. The second-order valence-electron chi connectivity index (χ2n) is 7.08. The van der Waals surface area contributed by atoms with Gasteiger partial charge in [-0.2, -0.15) is 9.44 Å². The summed E-state index contributed by atoms with van der Waals surface area (Å²) in [6.07, 6.45) is 3.63. The third kappa shape index (κ3) is 5.23. The SMILES string of the molecule is C#S12CC(=O)NCCN(CCCN3CCOCC3)CCCC1C2. The molecule has 3 heterocycles. The number of ether oxygens (including phenoxy) is 1. The average molecular weight is 342 g/mol. The summed E-state index contributed by atoms with van der Waals surface area (Å²) >= 11 is 0. The summed E-state index contributed by atoms with van der Waals surface area (Å²) in [6.45, 7) is 9.04. The molecule has 1 N–H and O–H groups in total. The maximum absolute atomic E-state index is 12.0. The number of carbonyl (C=O) groups excluding carboxylic acids is 1. The fraction of sp³-hybridized carbons (Fsp3) is 0.882. The minimum Gasteiger partial charge on any atom is -0.379 e. The van der Waals surface area contributed by atoms with Crippen LogP contribution in [-0.4, -0.2) is 91.5 Å². The predicted molar refractivity (Wildman–Crippen MR) is 96.6 cm³/mol. The van der Waals surface area contributed by atoms with Crippen molar-refractivity contribution in [3.63, 3.8) is 0 Å². The van der Waals surface area contributed by atoms with Gasteiger partial charge in [-0.15, -0.1) is 5.69 Å². The third-order valence-corrected chi connectivity index (χ3v) is 8.37. The van der Waals surface area contributed by atoms with Crippen LogP contribution in [-0.2, 0) is 9.53 Å². The van der Waals surface area contributed by atoms with Crippen molar-refractivity contribution in [3.05, 3.63) is 0 Å². The van der Waals surface area contributed by atoms with Crippen molar-refractivity contribution >= 4 is 15.3 Å². The largest absolute Gasteiger partial charge is 0.379 e. The van der Waals surface area contributed by atoms with Crippen LogP contribution in [0.3, 0.4) is 0 Å². The average Bonchev–Trinajstić information content (AvgIpc) is 3.16. The molecule has 3 saturated heterocycles. The number of amides is 1. The highest BCUT2D eigenvalue weighted by Crippen LogP contribution is 2.56. The van der Waals surface area contributed by atoms with E-state index >= 15 is 0 Å². The van der Waals surface area contributed by atoms with Gasteiger partial charge in [0.2, 0.25) is 5.91 Å². The van der Waals surface area contributed by atoms with Crippen LogP contribution in [0, 0.1) is 5.69 Å². The topological polar surface area (TPSA) is 44.8 Å². The molecule has 0 aromatic carbocycles. The Hall–Kier alpha value is -0.520. The van der Waals surface area contributed by atoms with Crippen LogP contribution in [0.15, 0.2) is 0 Å². The summed E-state index contributed by atoms with van der Waals surface area (Å²) in [7, 11) is -1.08. The number of nitrogens with one attached hydrogen (secondary N) is 1. The molecule has 3 rings (SSSR count). The molecule has 0 bridgehead atoms. The number of hydrogen-bond acceptors (Lipinski definition) is 4. The maximum atomic E-state index is 12.0. The monoisotopic (exact) mass is 341 g/mol. The van der Waals surface area contributed by atoms with E-state index in [0.29, 0.717) is 11.0 Å². The van der Waals surface area contributed by atoms with Gasteiger partial charge in [-0.25, -0.2) is 0 Å². The Balaban J connectivity index is 1.41. The van der Waals surface area contributed by atoms with E-state index in [4.69, 9.17) is 10.4 Å². The molecule has 0 aromatic heterocycles. The number of nitrogens with zero attached hydrogens (tertiary/aromatic N) is 2. The first kappa shape index (κ1) is 17.3. The van der Waals surface area contributed by atoms with Crippen LogP contribution in [0.2, 0.25) is 0 Å². The second kappa shape index (κ2) is 8.04. The Morgan fingerprint density at radius 2 is 1.91 bits per heavy atom. The summed E-state index contributed by atoms with van der Waals surface area (Å²) in [5.41, 5.74) is 6.37. The van der Waals surface area contributed by atoms with Gasteiger partial charge in [-0.1, -0.05) is 0 Å². The normalized spacial score (nSPS) is 34.2. The van der Waals surface area contributed by atoms with Crippen molar-refractivity contribution in [2.24, 2.45) is 0 Å². The number of morpholine rings is 1. The lowest BCUT2D eigenvalue weighted by atomic mass is 10.2. The highest BCUT2D eigenvalue weighted by atomic mass is 32.2. The molecule has 5 nitrogen and oxygen atoms in total. The van der Waals surface area contributed by atoms with E-state index in [1.807, 2.05) is 0 Å². The molecule has 3 aliphatic rings. The van der Waals surface area contributed by atoms with Crippen molar-refractivity contribution in [2.45, 2.75) is 24.5 Å². The first-order valence-electron chi connectivity index (χ1n) is 9.00. The van der Waals surface area contributed by atoms with E-state index in [0.717, 1.165) is 64.8 Å². The van der Waals surface area contributed by atoms with Gasteiger partial charge < -0.3 is 15.0 Å². The van der Waals surface area contributed by atoms with Gasteiger partial charge in [0.25, 0.3) is 0 Å². The van der Waals surface area contributed by atoms with E-state index in [1.165, 1.54) is 19.3 Å². The molecule has 3 aliphatic heterocycles. The molecule has 132 valence electrons. The number of rotatable bonds is 4. The molecule has 23 heavy (non-hydrogen) atoms. The molecule has 0 spiro atoms. The Bertz CT molecular complexity index is 507. The third-order valence-electron chi connectivity index (χ3n) is 5.25. The summed E-state index contributed by atoms with van der Waals surface area (Å²) in [4.78, 5) is 17.0. The molecule has 2 atom stereocenters. The first-order chi connectivity index (χ1) is 11.2. The molecule has 1 amide bonds. The number of carbonyl (C=O) groups is 1. The Morgan fingerprint density at radius 1 is 1.17 bits per heavy atom. The van der Waals surface area contributed by atoms with E-state index in [1.54, 1.807) is 0 Å². The Kier molecular flexibility index (Phi) is 6.05. The van der Waals surface area contributed by atoms with Crippen molar-refractivity contribution < 1.29 is 9.53 Å². The van der Waals surface area contributed by atoms with Crippen LogP contribution < -0.4 is 5.32 Å². The summed E-state index contributed by atoms with van der Waals surface area (Å²) in [6, 6.07) is 0. The summed E-state index contributed by atoms with van der Waals surface area (Å²) in [5.74, 6) is 1.87. The van der Waals surface area contributed by atoms with E-state index in [2.05, 4.69) is 15.1 Å². The maximum Gasteiger partial charge on any atom is 0.229 e. The van der Waals surface area contributed by atoms with Crippen LogP contribution in [0.5, 0.6) is 0 Å². The van der Waals surface area contributed by atoms with Crippen LogP contribution in [0.1, 0.15) is 19.3 Å². The lowest BCUT2D eigenvalue weighted by molar-refractivity contribution is -0.118. The molecule has 3 fully saturated rings. The summed E-state index contributed by atoms with van der Waals surface area (Å²) in [5, 5.41) is 3.71. The molecular formula is C17H31N3O2S. The lowest BCUT2D eigenvalue weighted by Gasteiger charge is -2.28. The number of fused-ring (bicyclic) bond motifs is 1. The summed E-state index contributed by atoms with van der Waals surface area (Å²) < 4.78 is 5.40. The van der Waals surface area contributed by atoms with Crippen LogP contribution in [0.4, 0.5) is 0 Å². The highest BCUT2D eigenvalue weighted by molar-refractivity contribution is 8.31. The van der Waals surface area contributed by atoms with Gasteiger partial charge in [0.05, 0.1) is 19.0 Å². The van der Waals surface area contributed by atoms with E-state index < -0.39 is 9.44 Å². The zero-order valence-corrected chi connectivity index (χ0v) is 15.0. The molecular weight excluding hydrogens is 310 g/mol. The van der Waals surface area contributed by atoms with Gasteiger partial charge in [-0.3, -0.25) is 9.69 Å². The standard InChI is InChI=1S/C17H31N3O2S/c1-23-14-16(23)4-2-6-19(9-5-18-17(21)15-23)7-3-8-20-10-12-22-13-11-20/h1,16H,2-15H2,(H,18,21). The van der Waals surface area contributed by atoms with E-state index in [9.17, 15) is 4.79 Å². The zero-order chi connectivity index (χ0) is 16.1. The molecule has 0 aromatic rings. The number of hydrogen-bond donors (Lipinski definition) is 1. The Morgan fingerprint density at radius 3 is 2.70 bits per heavy atom. The lowest BCUT2D eigenvalue weighted by Crippen LogP contribution is -2.40. The molecule has 0 saturated carbocycles. The van der Waals surface area contributed by atoms with Crippen molar-refractivity contribution in [3.8, 4) is 5.69 Å². The van der Waals surface area contributed by atoms with Gasteiger partial charge in [0.15, 0.2) is 0 Å². The quantitative estimate of drug-likeness (QED) is 0.765. The van der Waals surface area contributed by atoms with Crippen LogP contribution >= 0.6 is 9.44 Å². The van der Waals surface area contributed by atoms with Gasteiger partial charge in [-0.05, 0) is 44.6 Å². The van der Waals surface area contributed by atoms with Gasteiger partial charge >= 0.3 is 0 Å². The fourth-order valence-corrected chi connectivity index (χ4v) is 6.56. The minimum absolute atomic E-state index is 0.167. The predicted octanol–water partition coefficient (Wildman–Crippen LogP) is 0.697. The molecule has 6 heteroatoms. The zero-order valence-electron chi connectivity index (χ0n) is 14.2. The van der Waals surface area contributed by atoms with E-state index in [-0.39, 0.29) is 5.91 Å². The van der Waals surface area contributed by atoms with Crippen molar-refractivity contribution in [1.29, 1.82) is 0 Å². The van der Waals surface area contributed by atoms with Gasteiger partial charge in [0, 0.05) is 31.4 Å². The van der Waals surface area contributed by atoms with Crippen molar-refractivity contribution in [1.82, 2.24) is 15.1 Å². The van der Waals surface area contributed by atoms with Crippen molar-refractivity contribution in [2.75, 3.05) is 70.5 Å². The molecule has 0 radical (unpaired) electrons. The Labute approximate surface area is 141 Å².